The monoisotopic (exact) mass is 334 g/mol. The van der Waals surface area contributed by atoms with Gasteiger partial charge in [0.2, 0.25) is 0 Å². The number of hydrogen-bond acceptors (Lipinski definition) is 3. The summed E-state index contributed by atoms with van der Waals surface area (Å²) in [5.74, 6) is 0.892. The molecule has 3 rings (SSSR count). The zero-order valence-corrected chi connectivity index (χ0v) is 13.2. The minimum absolute atomic E-state index is 0.800. The summed E-state index contributed by atoms with van der Waals surface area (Å²) in [7, 11) is 0. The van der Waals surface area contributed by atoms with Crippen molar-refractivity contribution in [3.63, 3.8) is 0 Å². The van der Waals surface area contributed by atoms with Crippen molar-refractivity contribution in [3.05, 3.63) is 40.1 Å². The van der Waals surface area contributed by atoms with E-state index in [1.807, 2.05) is 16.9 Å². The van der Waals surface area contributed by atoms with Crippen LogP contribution in [-0.2, 0) is 13.0 Å². The molecule has 0 aliphatic heterocycles. The van der Waals surface area contributed by atoms with E-state index in [1.165, 1.54) is 18.4 Å². The third-order valence-corrected chi connectivity index (χ3v) is 4.14. The second kappa shape index (κ2) is 6.06. The van der Waals surface area contributed by atoms with Gasteiger partial charge in [0.1, 0.15) is 0 Å². The first-order valence-corrected chi connectivity index (χ1v) is 7.96. The summed E-state index contributed by atoms with van der Waals surface area (Å²) in [6, 6.07) is 6.27. The van der Waals surface area contributed by atoms with E-state index in [2.05, 4.69) is 50.6 Å². The number of aryl methyl sites for hydroxylation is 1. The highest BCUT2D eigenvalue weighted by atomic mass is 79.9. The highest BCUT2D eigenvalue weighted by Crippen LogP contribution is 2.27. The molecule has 4 nitrogen and oxygen atoms in total. The molecule has 0 amide bonds. The van der Waals surface area contributed by atoms with E-state index >= 15 is 0 Å². The number of nitrogens with zero attached hydrogens (tertiary/aromatic N) is 3. The van der Waals surface area contributed by atoms with Crippen LogP contribution in [0.5, 0.6) is 0 Å². The highest BCUT2D eigenvalue weighted by molar-refractivity contribution is 9.10. The summed E-state index contributed by atoms with van der Waals surface area (Å²) in [5.41, 5.74) is 3.37. The molecule has 106 valence electrons. The lowest BCUT2D eigenvalue weighted by Gasteiger charge is -2.07. The van der Waals surface area contributed by atoms with Crippen molar-refractivity contribution >= 4 is 15.9 Å². The van der Waals surface area contributed by atoms with Crippen molar-refractivity contribution in [1.29, 1.82) is 0 Å². The average molecular weight is 335 g/mol. The van der Waals surface area contributed by atoms with Crippen LogP contribution in [0.3, 0.4) is 0 Å². The predicted molar refractivity (Wildman–Crippen MR) is 82.9 cm³/mol. The van der Waals surface area contributed by atoms with E-state index in [9.17, 15) is 0 Å². The second-order valence-electron chi connectivity index (χ2n) is 5.36. The SMILES string of the molecule is CCc1cc(Br)ccc1-n1cc(CNCC2CC2)nn1. The molecular formula is C15H19BrN4. The Hall–Kier alpha value is -1.20. The molecule has 0 bridgehead atoms. The van der Waals surface area contributed by atoms with Gasteiger partial charge in [-0.25, -0.2) is 4.68 Å². The maximum Gasteiger partial charge on any atom is 0.0969 e. The van der Waals surface area contributed by atoms with Gasteiger partial charge in [-0.05, 0) is 55.5 Å². The van der Waals surface area contributed by atoms with Crippen molar-refractivity contribution in [2.75, 3.05) is 6.54 Å². The quantitative estimate of drug-likeness (QED) is 0.882. The Morgan fingerprint density at radius 3 is 3.00 bits per heavy atom. The lowest BCUT2D eigenvalue weighted by Crippen LogP contribution is -2.16. The van der Waals surface area contributed by atoms with Crippen LogP contribution in [0.4, 0.5) is 0 Å². The van der Waals surface area contributed by atoms with E-state index in [4.69, 9.17) is 0 Å². The van der Waals surface area contributed by atoms with E-state index < -0.39 is 0 Å². The molecule has 1 heterocycles. The molecule has 1 aliphatic carbocycles. The Balaban J connectivity index is 1.71. The number of nitrogens with one attached hydrogen (secondary N) is 1. The third-order valence-electron chi connectivity index (χ3n) is 3.65. The van der Waals surface area contributed by atoms with E-state index in [0.717, 1.165) is 41.3 Å². The Bertz CT molecular complexity index is 589. The Morgan fingerprint density at radius 2 is 2.25 bits per heavy atom. The lowest BCUT2D eigenvalue weighted by atomic mass is 10.1. The molecule has 1 fully saturated rings. The first-order valence-electron chi connectivity index (χ1n) is 7.17. The van der Waals surface area contributed by atoms with Crippen molar-refractivity contribution in [3.8, 4) is 5.69 Å². The summed E-state index contributed by atoms with van der Waals surface area (Å²) in [5, 5.41) is 11.9. The molecule has 1 aromatic heterocycles. The van der Waals surface area contributed by atoms with Crippen LogP contribution >= 0.6 is 15.9 Å². The maximum atomic E-state index is 4.25. The minimum Gasteiger partial charge on any atom is -0.311 e. The van der Waals surface area contributed by atoms with Gasteiger partial charge in [0, 0.05) is 11.0 Å². The maximum absolute atomic E-state index is 4.25. The fraction of sp³-hybridized carbons (Fsp3) is 0.467. The normalized spacial score (nSPS) is 14.7. The number of rotatable bonds is 6. The largest absolute Gasteiger partial charge is 0.311 e. The molecule has 1 saturated carbocycles. The lowest BCUT2D eigenvalue weighted by molar-refractivity contribution is 0.628. The van der Waals surface area contributed by atoms with E-state index in [1.54, 1.807) is 0 Å². The predicted octanol–water partition coefficient (Wildman–Crippen LogP) is 3.09. The molecule has 0 atom stereocenters. The van der Waals surface area contributed by atoms with Gasteiger partial charge in [0.05, 0.1) is 17.6 Å². The number of halogens is 1. The molecule has 1 aliphatic rings. The van der Waals surface area contributed by atoms with Gasteiger partial charge in [-0.15, -0.1) is 5.10 Å². The van der Waals surface area contributed by atoms with Crippen molar-refractivity contribution in [1.82, 2.24) is 20.3 Å². The summed E-state index contributed by atoms with van der Waals surface area (Å²) in [6.45, 7) is 4.06. The highest BCUT2D eigenvalue weighted by Gasteiger charge is 2.20. The van der Waals surface area contributed by atoms with Gasteiger partial charge in [-0.3, -0.25) is 0 Å². The molecule has 1 aromatic carbocycles. The van der Waals surface area contributed by atoms with Crippen LogP contribution in [-0.4, -0.2) is 21.5 Å². The van der Waals surface area contributed by atoms with Crippen LogP contribution in [0, 0.1) is 5.92 Å². The number of aromatic nitrogens is 3. The Labute approximate surface area is 127 Å². The third kappa shape index (κ3) is 3.27. The first-order chi connectivity index (χ1) is 9.76. The molecular weight excluding hydrogens is 316 g/mol. The van der Waals surface area contributed by atoms with Gasteiger partial charge in [-0.2, -0.15) is 0 Å². The van der Waals surface area contributed by atoms with Crippen LogP contribution in [0.25, 0.3) is 5.69 Å². The zero-order valence-electron chi connectivity index (χ0n) is 11.6. The fourth-order valence-electron chi connectivity index (χ4n) is 2.28. The molecule has 20 heavy (non-hydrogen) atoms. The van der Waals surface area contributed by atoms with Crippen molar-refractivity contribution in [2.24, 2.45) is 5.92 Å². The van der Waals surface area contributed by atoms with Crippen LogP contribution in [0.1, 0.15) is 31.0 Å². The fourth-order valence-corrected chi connectivity index (χ4v) is 2.69. The summed E-state index contributed by atoms with van der Waals surface area (Å²) < 4.78 is 2.98. The summed E-state index contributed by atoms with van der Waals surface area (Å²) in [4.78, 5) is 0. The smallest absolute Gasteiger partial charge is 0.0969 e. The molecule has 0 radical (unpaired) electrons. The van der Waals surface area contributed by atoms with Crippen LogP contribution < -0.4 is 5.32 Å². The topological polar surface area (TPSA) is 42.7 Å². The van der Waals surface area contributed by atoms with Crippen LogP contribution in [0.15, 0.2) is 28.9 Å². The summed E-state index contributed by atoms with van der Waals surface area (Å²) in [6.07, 6.45) is 5.74. The van der Waals surface area contributed by atoms with E-state index in [0.29, 0.717) is 0 Å². The zero-order chi connectivity index (χ0) is 13.9. The molecule has 1 N–H and O–H groups in total. The van der Waals surface area contributed by atoms with Gasteiger partial charge in [-0.1, -0.05) is 28.1 Å². The van der Waals surface area contributed by atoms with Gasteiger partial charge in [0.25, 0.3) is 0 Å². The summed E-state index contributed by atoms with van der Waals surface area (Å²) >= 11 is 3.51. The Morgan fingerprint density at radius 1 is 1.40 bits per heavy atom. The first kappa shape index (κ1) is 13.8. The Kier molecular flexibility index (Phi) is 4.17. The molecule has 0 spiro atoms. The van der Waals surface area contributed by atoms with Gasteiger partial charge < -0.3 is 5.32 Å². The molecule has 2 aromatic rings. The van der Waals surface area contributed by atoms with E-state index in [-0.39, 0.29) is 0 Å². The second-order valence-corrected chi connectivity index (χ2v) is 6.27. The standard InChI is InChI=1S/C15H19BrN4/c1-2-12-7-13(16)5-6-15(12)20-10-14(18-19-20)9-17-8-11-3-4-11/h5-7,10-11,17H,2-4,8-9H2,1H3. The molecule has 0 saturated heterocycles. The van der Waals surface area contributed by atoms with Crippen molar-refractivity contribution in [2.45, 2.75) is 32.7 Å². The number of benzene rings is 1. The van der Waals surface area contributed by atoms with Crippen molar-refractivity contribution < 1.29 is 0 Å². The average Bonchev–Trinajstić information content (AvgIpc) is 3.16. The molecule has 5 heteroatoms. The van der Waals surface area contributed by atoms with Crippen LogP contribution in [0.2, 0.25) is 0 Å². The van der Waals surface area contributed by atoms with Gasteiger partial charge in [0.15, 0.2) is 0 Å². The number of hydrogen-bond donors (Lipinski definition) is 1. The molecule has 0 unspecified atom stereocenters. The van der Waals surface area contributed by atoms with Gasteiger partial charge >= 0.3 is 0 Å². The minimum atomic E-state index is 0.800.